The molecule has 3 rings (SSSR count). The molecule has 1 heterocycles. The Morgan fingerprint density at radius 3 is 2.19 bits per heavy atom. The van der Waals surface area contributed by atoms with Gasteiger partial charge in [-0.2, -0.15) is 0 Å². The summed E-state index contributed by atoms with van der Waals surface area (Å²) in [7, 11) is -3.98. The number of hydrogen-bond acceptors (Lipinski definition) is 4. The lowest BCUT2D eigenvalue weighted by atomic mass is 10.3. The van der Waals surface area contributed by atoms with E-state index in [1.165, 1.54) is 16.4 Å². The molecule has 2 aromatic rings. The van der Waals surface area contributed by atoms with Crippen LogP contribution >= 0.6 is 34.8 Å². The number of hydrogen-bond donors (Lipinski definition) is 0. The van der Waals surface area contributed by atoms with Crippen LogP contribution in [0.5, 0.6) is 0 Å². The minimum Gasteiger partial charge on any atom is -0.379 e. The molecule has 0 unspecified atom stereocenters. The van der Waals surface area contributed by atoms with Gasteiger partial charge in [0, 0.05) is 31.2 Å². The fourth-order valence-corrected chi connectivity index (χ4v) is 5.88. The zero-order valence-electron chi connectivity index (χ0n) is 14.4. The second-order valence-electron chi connectivity index (χ2n) is 6.07. The van der Waals surface area contributed by atoms with Crippen molar-refractivity contribution in [2.45, 2.75) is 4.90 Å². The zero-order valence-corrected chi connectivity index (χ0v) is 17.5. The van der Waals surface area contributed by atoms with Crippen molar-refractivity contribution in [2.75, 3.05) is 43.7 Å². The third-order valence-electron chi connectivity index (χ3n) is 4.28. The van der Waals surface area contributed by atoms with Crippen molar-refractivity contribution >= 4 is 50.5 Å². The summed E-state index contributed by atoms with van der Waals surface area (Å²) in [5, 5.41) is 0.281. The number of ether oxygens (including phenoxy) is 1. The predicted octanol–water partition coefficient (Wildman–Crippen LogP) is 4.17. The van der Waals surface area contributed by atoms with Gasteiger partial charge < -0.3 is 4.74 Å². The van der Waals surface area contributed by atoms with Gasteiger partial charge in [-0.25, -0.2) is 8.42 Å². The van der Waals surface area contributed by atoms with E-state index < -0.39 is 10.0 Å². The summed E-state index contributed by atoms with van der Waals surface area (Å²) in [6.07, 6.45) is 0. The Kier molecular flexibility index (Phi) is 6.89. The molecule has 0 saturated carbocycles. The van der Waals surface area contributed by atoms with Crippen LogP contribution in [-0.2, 0) is 14.8 Å². The first-order chi connectivity index (χ1) is 12.9. The molecule has 0 radical (unpaired) electrons. The molecule has 0 N–H and O–H groups in total. The van der Waals surface area contributed by atoms with E-state index in [1.54, 1.807) is 24.3 Å². The average molecular weight is 450 g/mol. The first-order valence-electron chi connectivity index (χ1n) is 8.42. The predicted molar refractivity (Wildman–Crippen MR) is 110 cm³/mol. The maximum Gasteiger partial charge on any atom is 0.267 e. The lowest BCUT2D eigenvalue weighted by Gasteiger charge is -2.31. The lowest BCUT2D eigenvalue weighted by Crippen LogP contribution is -2.43. The quantitative estimate of drug-likeness (QED) is 0.664. The topological polar surface area (TPSA) is 49.9 Å². The number of benzene rings is 2. The fraction of sp³-hybridized carbons (Fsp3) is 0.333. The van der Waals surface area contributed by atoms with Crippen molar-refractivity contribution in [3.63, 3.8) is 0 Å². The zero-order chi connectivity index (χ0) is 19.4. The van der Waals surface area contributed by atoms with Gasteiger partial charge in [0.15, 0.2) is 0 Å². The molecule has 27 heavy (non-hydrogen) atoms. The van der Waals surface area contributed by atoms with Crippen LogP contribution < -0.4 is 4.31 Å². The van der Waals surface area contributed by atoms with Crippen LogP contribution in [0.3, 0.4) is 0 Å². The maximum atomic E-state index is 13.4. The Balaban J connectivity index is 1.96. The first kappa shape index (κ1) is 20.7. The summed E-state index contributed by atoms with van der Waals surface area (Å²) in [5.74, 6) is 0. The molecule has 0 aromatic heterocycles. The molecule has 1 saturated heterocycles. The second-order valence-corrected chi connectivity index (χ2v) is 9.12. The number of nitrogens with zero attached hydrogens (tertiary/aromatic N) is 2. The van der Waals surface area contributed by atoms with Crippen LogP contribution in [0.15, 0.2) is 47.4 Å². The van der Waals surface area contributed by atoms with Crippen molar-refractivity contribution in [2.24, 2.45) is 0 Å². The van der Waals surface area contributed by atoms with Gasteiger partial charge in [0.1, 0.15) is 4.90 Å². The average Bonchev–Trinajstić information content (AvgIpc) is 2.62. The molecule has 2 aromatic carbocycles. The van der Waals surface area contributed by atoms with Gasteiger partial charge in [-0.3, -0.25) is 9.21 Å². The Bertz CT molecular complexity index is 865. The molecule has 1 aliphatic heterocycles. The molecule has 0 aliphatic carbocycles. The van der Waals surface area contributed by atoms with Gasteiger partial charge in [0.05, 0.1) is 28.9 Å². The molecule has 9 heteroatoms. The molecule has 0 spiro atoms. The summed E-state index contributed by atoms with van der Waals surface area (Å²) in [6.45, 7) is 3.66. The summed E-state index contributed by atoms with van der Waals surface area (Å²) >= 11 is 18.3. The Hall–Kier alpha value is -1.02. The molecule has 1 fully saturated rings. The SMILES string of the molecule is O=S(=O)(c1c(Cl)cc(Cl)cc1Cl)N(CCN1CCOCC1)c1ccccc1. The number of anilines is 1. The van der Waals surface area contributed by atoms with E-state index in [0.29, 0.717) is 25.4 Å². The largest absolute Gasteiger partial charge is 0.379 e. The fourth-order valence-electron chi connectivity index (χ4n) is 2.92. The lowest BCUT2D eigenvalue weighted by molar-refractivity contribution is 0.0395. The maximum absolute atomic E-state index is 13.4. The third kappa shape index (κ3) is 4.88. The van der Waals surface area contributed by atoms with Gasteiger partial charge in [-0.05, 0) is 24.3 Å². The van der Waals surface area contributed by atoms with E-state index in [4.69, 9.17) is 39.5 Å². The van der Waals surface area contributed by atoms with Crippen molar-refractivity contribution in [3.8, 4) is 0 Å². The van der Waals surface area contributed by atoms with E-state index in [9.17, 15) is 8.42 Å². The van der Waals surface area contributed by atoms with Crippen LogP contribution in [0.1, 0.15) is 0 Å². The van der Waals surface area contributed by atoms with Crippen molar-refractivity contribution < 1.29 is 13.2 Å². The highest BCUT2D eigenvalue weighted by molar-refractivity contribution is 7.93. The van der Waals surface area contributed by atoms with E-state index in [0.717, 1.165) is 13.1 Å². The van der Waals surface area contributed by atoms with Crippen molar-refractivity contribution in [1.82, 2.24) is 4.90 Å². The van der Waals surface area contributed by atoms with Crippen LogP contribution in [0.25, 0.3) is 0 Å². The van der Waals surface area contributed by atoms with Gasteiger partial charge in [0.25, 0.3) is 10.0 Å². The first-order valence-corrected chi connectivity index (χ1v) is 11.0. The Morgan fingerprint density at radius 1 is 1.00 bits per heavy atom. The Labute approximate surface area is 174 Å². The van der Waals surface area contributed by atoms with Crippen LogP contribution in [-0.4, -0.2) is 52.7 Å². The Morgan fingerprint density at radius 2 is 1.59 bits per heavy atom. The normalized spacial score (nSPS) is 15.7. The molecule has 146 valence electrons. The molecular weight excluding hydrogens is 431 g/mol. The molecule has 1 aliphatic rings. The number of halogens is 3. The second kappa shape index (κ2) is 8.99. The minimum atomic E-state index is -3.98. The minimum absolute atomic E-state index is 0.000182. The molecule has 0 bridgehead atoms. The van der Waals surface area contributed by atoms with Gasteiger partial charge >= 0.3 is 0 Å². The standard InChI is InChI=1S/C18H19Cl3N2O3S/c19-14-12-16(20)18(17(21)13-14)27(24,25)23(15-4-2-1-3-5-15)7-6-22-8-10-26-11-9-22/h1-5,12-13H,6-11H2. The number of para-hydroxylation sites is 1. The molecular formula is C18H19Cl3N2O3S. The number of sulfonamides is 1. The monoisotopic (exact) mass is 448 g/mol. The van der Waals surface area contributed by atoms with Crippen LogP contribution in [0.2, 0.25) is 15.1 Å². The summed E-state index contributed by atoms with van der Waals surface area (Å²) in [6, 6.07) is 11.7. The summed E-state index contributed by atoms with van der Waals surface area (Å²) in [4.78, 5) is 2.03. The molecule has 5 nitrogen and oxygen atoms in total. The van der Waals surface area contributed by atoms with Crippen molar-refractivity contribution in [3.05, 3.63) is 57.5 Å². The van der Waals surface area contributed by atoms with Gasteiger partial charge in [-0.1, -0.05) is 53.0 Å². The highest BCUT2D eigenvalue weighted by Crippen LogP contribution is 2.36. The van der Waals surface area contributed by atoms with E-state index in [2.05, 4.69) is 4.90 Å². The van der Waals surface area contributed by atoms with Gasteiger partial charge in [0.2, 0.25) is 0 Å². The van der Waals surface area contributed by atoms with E-state index >= 15 is 0 Å². The highest BCUT2D eigenvalue weighted by Gasteiger charge is 2.30. The van der Waals surface area contributed by atoms with Crippen LogP contribution in [0, 0.1) is 0 Å². The van der Waals surface area contributed by atoms with Gasteiger partial charge in [-0.15, -0.1) is 0 Å². The smallest absolute Gasteiger partial charge is 0.267 e. The van der Waals surface area contributed by atoms with Crippen LogP contribution in [0.4, 0.5) is 5.69 Å². The van der Waals surface area contributed by atoms with Crippen molar-refractivity contribution in [1.29, 1.82) is 0 Å². The summed E-state index contributed by atoms with van der Waals surface area (Å²) < 4.78 is 33.5. The highest BCUT2D eigenvalue weighted by atomic mass is 35.5. The van der Waals surface area contributed by atoms with E-state index in [-0.39, 0.29) is 26.5 Å². The summed E-state index contributed by atoms with van der Waals surface area (Å²) in [5.41, 5.74) is 0.549. The number of rotatable bonds is 6. The number of morpholine rings is 1. The molecule has 0 atom stereocenters. The molecule has 0 amide bonds. The van der Waals surface area contributed by atoms with E-state index in [1.807, 2.05) is 6.07 Å². The third-order valence-corrected chi connectivity index (χ3v) is 7.25.